The quantitative estimate of drug-likeness (QED) is 0.854. The molecule has 1 aromatic rings. The number of aryl methyl sites for hydroxylation is 1. The molecule has 1 heterocycles. The Hall–Kier alpha value is -1.62. The molecule has 0 radical (unpaired) electrons. The highest BCUT2D eigenvalue weighted by molar-refractivity contribution is 6.32. The first-order valence-electron chi connectivity index (χ1n) is 8.83. The first-order valence-corrected chi connectivity index (χ1v) is 9.21. The summed E-state index contributed by atoms with van der Waals surface area (Å²) < 4.78 is 14.7. The molecule has 2 atom stereocenters. The maximum atomic E-state index is 14.7. The van der Waals surface area contributed by atoms with Crippen molar-refractivity contribution in [3.63, 3.8) is 0 Å². The third kappa shape index (κ3) is 3.52. The molecule has 1 aliphatic carbocycles. The van der Waals surface area contributed by atoms with E-state index < -0.39 is 17.8 Å². The second-order valence-electron chi connectivity index (χ2n) is 7.60. The second kappa shape index (κ2) is 6.94. The molecular formula is C19H24ClFN2O2. The lowest BCUT2D eigenvalue weighted by Gasteiger charge is -2.36. The van der Waals surface area contributed by atoms with Crippen LogP contribution in [0.2, 0.25) is 5.02 Å². The van der Waals surface area contributed by atoms with Crippen molar-refractivity contribution >= 4 is 23.4 Å². The first-order chi connectivity index (χ1) is 11.8. The highest BCUT2D eigenvalue weighted by Gasteiger charge is 2.42. The summed E-state index contributed by atoms with van der Waals surface area (Å²) in [5, 5.41) is 6.08. The standard InChI is InChI=1S/C19H24ClFN2O2/c1-11-5-6-13(21)15(16(11)20)17(19(2)7-3-4-8-19)23-18(25)12-9-14(24)22-10-12/h5-6,12,17H,3-4,7-10H2,1-2H3,(H,22,24)(H,23,25). The molecule has 0 spiro atoms. The Morgan fingerprint density at radius 1 is 1.40 bits per heavy atom. The van der Waals surface area contributed by atoms with Gasteiger partial charge in [-0.05, 0) is 36.8 Å². The molecule has 2 aliphatic rings. The Labute approximate surface area is 152 Å². The van der Waals surface area contributed by atoms with Crippen molar-refractivity contribution in [2.24, 2.45) is 11.3 Å². The molecule has 1 saturated heterocycles. The molecule has 2 fully saturated rings. The molecule has 0 aromatic heterocycles. The van der Waals surface area contributed by atoms with Gasteiger partial charge in [-0.1, -0.05) is 37.4 Å². The van der Waals surface area contributed by atoms with Gasteiger partial charge in [0.25, 0.3) is 0 Å². The monoisotopic (exact) mass is 366 g/mol. The van der Waals surface area contributed by atoms with E-state index in [1.807, 2.05) is 6.92 Å². The number of carbonyl (C=O) groups excluding carboxylic acids is 2. The van der Waals surface area contributed by atoms with Gasteiger partial charge in [-0.2, -0.15) is 0 Å². The van der Waals surface area contributed by atoms with Gasteiger partial charge in [0.1, 0.15) is 5.82 Å². The molecule has 25 heavy (non-hydrogen) atoms. The normalized spacial score (nSPS) is 23.4. The summed E-state index contributed by atoms with van der Waals surface area (Å²) >= 11 is 6.44. The van der Waals surface area contributed by atoms with Gasteiger partial charge in [0.05, 0.1) is 17.0 Å². The highest BCUT2D eigenvalue weighted by atomic mass is 35.5. The van der Waals surface area contributed by atoms with Crippen LogP contribution in [0.5, 0.6) is 0 Å². The zero-order chi connectivity index (χ0) is 18.2. The van der Waals surface area contributed by atoms with E-state index in [0.29, 0.717) is 17.1 Å². The molecule has 2 N–H and O–H groups in total. The van der Waals surface area contributed by atoms with Gasteiger partial charge in [0.15, 0.2) is 0 Å². The van der Waals surface area contributed by atoms with Crippen molar-refractivity contribution in [3.05, 3.63) is 34.1 Å². The zero-order valence-corrected chi connectivity index (χ0v) is 15.4. The lowest BCUT2D eigenvalue weighted by atomic mass is 9.76. The van der Waals surface area contributed by atoms with E-state index in [1.54, 1.807) is 6.07 Å². The van der Waals surface area contributed by atoms with Crippen LogP contribution in [0, 0.1) is 24.1 Å². The zero-order valence-electron chi connectivity index (χ0n) is 14.6. The molecule has 136 valence electrons. The Kier molecular flexibility index (Phi) is 5.05. The fraction of sp³-hybridized carbons (Fsp3) is 0.579. The number of benzene rings is 1. The van der Waals surface area contributed by atoms with E-state index in [0.717, 1.165) is 31.2 Å². The van der Waals surface area contributed by atoms with Crippen LogP contribution < -0.4 is 10.6 Å². The molecule has 1 aromatic carbocycles. The van der Waals surface area contributed by atoms with Gasteiger partial charge >= 0.3 is 0 Å². The van der Waals surface area contributed by atoms with Crippen LogP contribution in [0.3, 0.4) is 0 Å². The smallest absolute Gasteiger partial charge is 0.225 e. The minimum Gasteiger partial charge on any atom is -0.355 e. The van der Waals surface area contributed by atoms with Crippen molar-refractivity contribution < 1.29 is 14.0 Å². The summed E-state index contributed by atoms with van der Waals surface area (Å²) in [5.41, 5.74) is 0.914. The fourth-order valence-corrected chi connectivity index (χ4v) is 4.32. The van der Waals surface area contributed by atoms with Crippen LogP contribution in [0.25, 0.3) is 0 Å². The number of carbonyl (C=O) groups is 2. The van der Waals surface area contributed by atoms with Crippen molar-refractivity contribution in [1.29, 1.82) is 0 Å². The molecule has 1 saturated carbocycles. The summed E-state index contributed by atoms with van der Waals surface area (Å²) in [6, 6.07) is 2.57. The van der Waals surface area contributed by atoms with E-state index in [4.69, 9.17) is 11.6 Å². The van der Waals surface area contributed by atoms with Crippen molar-refractivity contribution in [2.45, 2.75) is 52.0 Å². The maximum Gasteiger partial charge on any atom is 0.225 e. The Bertz CT molecular complexity index is 701. The summed E-state index contributed by atoms with van der Waals surface area (Å²) in [6.45, 7) is 4.25. The summed E-state index contributed by atoms with van der Waals surface area (Å²) in [4.78, 5) is 24.1. The van der Waals surface area contributed by atoms with Gasteiger partial charge in [0, 0.05) is 18.5 Å². The van der Waals surface area contributed by atoms with Gasteiger partial charge in [-0.3, -0.25) is 9.59 Å². The minimum absolute atomic E-state index is 0.122. The molecule has 2 unspecified atom stereocenters. The third-order valence-corrected chi connectivity index (χ3v) is 6.19. The fourth-order valence-electron chi connectivity index (χ4n) is 4.06. The topological polar surface area (TPSA) is 58.2 Å². The van der Waals surface area contributed by atoms with Crippen molar-refractivity contribution in [3.8, 4) is 0 Å². The van der Waals surface area contributed by atoms with E-state index in [-0.39, 0.29) is 23.7 Å². The Morgan fingerprint density at radius 2 is 2.08 bits per heavy atom. The van der Waals surface area contributed by atoms with Crippen molar-refractivity contribution in [1.82, 2.24) is 10.6 Å². The largest absolute Gasteiger partial charge is 0.355 e. The summed E-state index contributed by atoms with van der Waals surface area (Å²) in [6.07, 6.45) is 4.10. The van der Waals surface area contributed by atoms with Crippen LogP contribution in [0.1, 0.15) is 56.2 Å². The SMILES string of the molecule is Cc1ccc(F)c(C(NC(=O)C2CNC(=O)C2)C2(C)CCCC2)c1Cl. The summed E-state index contributed by atoms with van der Waals surface area (Å²) in [5.74, 6) is -1.14. The van der Waals surface area contributed by atoms with E-state index in [2.05, 4.69) is 17.6 Å². The number of rotatable bonds is 4. The predicted molar refractivity (Wildman–Crippen MR) is 94.7 cm³/mol. The second-order valence-corrected chi connectivity index (χ2v) is 7.98. The number of hydrogen-bond donors (Lipinski definition) is 2. The average Bonchev–Trinajstić information content (AvgIpc) is 3.19. The van der Waals surface area contributed by atoms with Crippen LogP contribution in [-0.4, -0.2) is 18.4 Å². The van der Waals surface area contributed by atoms with Crippen molar-refractivity contribution in [2.75, 3.05) is 6.54 Å². The molecule has 2 amide bonds. The van der Waals surface area contributed by atoms with Gasteiger partial charge in [0.2, 0.25) is 11.8 Å². The van der Waals surface area contributed by atoms with Crippen LogP contribution in [-0.2, 0) is 9.59 Å². The van der Waals surface area contributed by atoms with Gasteiger partial charge in [-0.25, -0.2) is 4.39 Å². The maximum absolute atomic E-state index is 14.7. The number of amides is 2. The number of hydrogen-bond acceptors (Lipinski definition) is 2. The molecular weight excluding hydrogens is 343 g/mol. The van der Waals surface area contributed by atoms with Crippen LogP contribution in [0.15, 0.2) is 12.1 Å². The molecule has 4 nitrogen and oxygen atoms in total. The van der Waals surface area contributed by atoms with Crippen LogP contribution >= 0.6 is 11.6 Å². The van der Waals surface area contributed by atoms with Gasteiger partial charge < -0.3 is 10.6 Å². The molecule has 1 aliphatic heterocycles. The molecule has 6 heteroatoms. The number of nitrogens with one attached hydrogen (secondary N) is 2. The first kappa shape index (κ1) is 18.2. The Balaban J connectivity index is 1.95. The van der Waals surface area contributed by atoms with Gasteiger partial charge in [-0.15, -0.1) is 0 Å². The Morgan fingerprint density at radius 3 is 2.68 bits per heavy atom. The highest BCUT2D eigenvalue weighted by Crippen LogP contribution is 2.49. The average molecular weight is 367 g/mol. The number of halogens is 2. The van der Waals surface area contributed by atoms with E-state index in [1.165, 1.54) is 6.07 Å². The minimum atomic E-state index is -0.495. The van der Waals surface area contributed by atoms with E-state index in [9.17, 15) is 14.0 Å². The predicted octanol–water partition coefficient (Wildman–Crippen LogP) is 3.66. The van der Waals surface area contributed by atoms with Crippen LogP contribution in [0.4, 0.5) is 4.39 Å². The third-order valence-electron chi connectivity index (χ3n) is 5.69. The lowest BCUT2D eigenvalue weighted by Crippen LogP contribution is -2.42. The molecule has 3 rings (SSSR count). The van der Waals surface area contributed by atoms with E-state index >= 15 is 0 Å². The summed E-state index contributed by atoms with van der Waals surface area (Å²) in [7, 11) is 0. The molecule has 0 bridgehead atoms. The lowest BCUT2D eigenvalue weighted by molar-refractivity contribution is -0.127.